The fourth-order valence-corrected chi connectivity index (χ4v) is 2.47. The molecule has 0 aliphatic heterocycles. The van der Waals surface area contributed by atoms with Gasteiger partial charge in [-0.05, 0) is 83.9 Å². The SMILES string of the molecule is Cc1cc(C)c(CCNc2cc(C)c(Br)cn2)cc1C. The zero-order chi connectivity index (χ0) is 14.7. The molecular weight excluding hydrogens is 312 g/mol. The van der Waals surface area contributed by atoms with E-state index in [1.165, 1.54) is 27.8 Å². The zero-order valence-electron chi connectivity index (χ0n) is 12.5. The van der Waals surface area contributed by atoms with Crippen LogP contribution in [0.3, 0.4) is 0 Å². The van der Waals surface area contributed by atoms with Crippen LogP contribution in [0.5, 0.6) is 0 Å². The zero-order valence-corrected chi connectivity index (χ0v) is 14.1. The van der Waals surface area contributed by atoms with Crippen molar-refractivity contribution in [1.82, 2.24) is 4.98 Å². The van der Waals surface area contributed by atoms with Gasteiger partial charge in [-0.1, -0.05) is 12.1 Å². The van der Waals surface area contributed by atoms with Crippen LogP contribution in [0.25, 0.3) is 0 Å². The molecule has 0 radical (unpaired) electrons. The quantitative estimate of drug-likeness (QED) is 0.875. The number of rotatable bonds is 4. The number of anilines is 1. The minimum absolute atomic E-state index is 0.900. The molecule has 0 unspecified atom stereocenters. The summed E-state index contributed by atoms with van der Waals surface area (Å²) in [7, 11) is 0. The molecule has 0 saturated heterocycles. The van der Waals surface area contributed by atoms with Crippen LogP contribution in [-0.4, -0.2) is 11.5 Å². The Hall–Kier alpha value is -1.35. The molecule has 0 spiro atoms. The number of aryl methyl sites for hydroxylation is 4. The van der Waals surface area contributed by atoms with Gasteiger partial charge in [0.1, 0.15) is 5.82 Å². The third kappa shape index (κ3) is 3.60. The molecule has 0 amide bonds. The molecule has 2 nitrogen and oxygen atoms in total. The van der Waals surface area contributed by atoms with Gasteiger partial charge in [-0.3, -0.25) is 0 Å². The van der Waals surface area contributed by atoms with E-state index in [1.54, 1.807) is 0 Å². The first kappa shape index (κ1) is 15.0. The summed E-state index contributed by atoms with van der Waals surface area (Å²) in [5.74, 6) is 0.937. The molecular formula is C17H21BrN2. The molecule has 1 heterocycles. The van der Waals surface area contributed by atoms with Gasteiger partial charge >= 0.3 is 0 Å². The van der Waals surface area contributed by atoms with Crippen LogP contribution in [0.2, 0.25) is 0 Å². The van der Waals surface area contributed by atoms with Crippen molar-refractivity contribution in [3.63, 3.8) is 0 Å². The topological polar surface area (TPSA) is 24.9 Å². The van der Waals surface area contributed by atoms with Crippen molar-refractivity contribution >= 4 is 21.7 Å². The second kappa shape index (κ2) is 6.40. The normalized spacial score (nSPS) is 10.7. The van der Waals surface area contributed by atoms with E-state index in [-0.39, 0.29) is 0 Å². The second-order valence-corrected chi connectivity index (χ2v) is 6.21. The van der Waals surface area contributed by atoms with Gasteiger partial charge in [0.2, 0.25) is 0 Å². The van der Waals surface area contributed by atoms with Crippen LogP contribution < -0.4 is 5.32 Å². The number of aromatic nitrogens is 1. The predicted molar refractivity (Wildman–Crippen MR) is 89.5 cm³/mol. The number of nitrogens with one attached hydrogen (secondary N) is 1. The van der Waals surface area contributed by atoms with Gasteiger partial charge in [0.25, 0.3) is 0 Å². The molecule has 0 aliphatic carbocycles. The van der Waals surface area contributed by atoms with Crippen molar-refractivity contribution in [2.24, 2.45) is 0 Å². The highest BCUT2D eigenvalue weighted by atomic mass is 79.9. The highest BCUT2D eigenvalue weighted by molar-refractivity contribution is 9.10. The maximum Gasteiger partial charge on any atom is 0.126 e. The first-order chi connectivity index (χ1) is 9.47. The van der Waals surface area contributed by atoms with Crippen molar-refractivity contribution in [1.29, 1.82) is 0 Å². The Kier molecular flexibility index (Phi) is 4.81. The van der Waals surface area contributed by atoms with E-state index < -0.39 is 0 Å². The molecule has 3 heteroatoms. The van der Waals surface area contributed by atoms with Crippen LogP contribution in [0.15, 0.2) is 28.9 Å². The van der Waals surface area contributed by atoms with Gasteiger partial charge in [0.05, 0.1) is 0 Å². The molecule has 20 heavy (non-hydrogen) atoms. The standard InChI is InChI=1S/C17H21BrN2/c1-11-7-13(3)15(8-12(11)2)5-6-19-17-9-14(4)16(18)10-20-17/h7-10H,5-6H2,1-4H3,(H,19,20). The maximum atomic E-state index is 4.37. The Balaban J connectivity index is 1.99. The average molecular weight is 333 g/mol. The van der Waals surface area contributed by atoms with Gasteiger partial charge in [-0.2, -0.15) is 0 Å². The Morgan fingerprint density at radius 1 is 0.950 bits per heavy atom. The van der Waals surface area contributed by atoms with E-state index in [0.717, 1.165) is 23.3 Å². The summed E-state index contributed by atoms with van der Waals surface area (Å²) in [4.78, 5) is 4.37. The van der Waals surface area contributed by atoms with E-state index >= 15 is 0 Å². The molecule has 106 valence electrons. The molecule has 0 aliphatic rings. The highest BCUT2D eigenvalue weighted by Gasteiger charge is 2.03. The number of nitrogens with zero attached hydrogens (tertiary/aromatic N) is 1. The van der Waals surface area contributed by atoms with E-state index in [4.69, 9.17) is 0 Å². The lowest BCUT2D eigenvalue weighted by atomic mass is 9.99. The van der Waals surface area contributed by atoms with Crippen molar-refractivity contribution in [3.05, 3.63) is 56.7 Å². The maximum absolute atomic E-state index is 4.37. The van der Waals surface area contributed by atoms with Gasteiger partial charge in [0.15, 0.2) is 0 Å². The Labute approximate surface area is 129 Å². The van der Waals surface area contributed by atoms with Crippen molar-refractivity contribution < 1.29 is 0 Å². The van der Waals surface area contributed by atoms with Crippen LogP contribution in [0, 0.1) is 27.7 Å². The monoisotopic (exact) mass is 332 g/mol. The third-order valence-corrected chi connectivity index (χ3v) is 4.53. The smallest absolute Gasteiger partial charge is 0.126 e. The van der Waals surface area contributed by atoms with Crippen LogP contribution in [0.4, 0.5) is 5.82 Å². The predicted octanol–water partition coefficient (Wildman–Crippen LogP) is 4.73. The van der Waals surface area contributed by atoms with E-state index in [9.17, 15) is 0 Å². The summed E-state index contributed by atoms with van der Waals surface area (Å²) in [6, 6.07) is 6.64. The lowest BCUT2D eigenvalue weighted by Crippen LogP contribution is -2.07. The van der Waals surface area contributed by atoms with Gasteiger partial charge in [-0.25, -0.2) is 4.98 Å². The summed E-state index contributed by atoms with van der Waals surface area (Å²) in [5.41, 5.74) is 6.71. The Bertz CT molecular complexity index is 621. The van der Waals surface area contributed by atoms with Gasteiger partial charge in [-0.15, -0.1) is 0 Å². The number of pyridine rings is 1. The van der Waals surface area contributed by atoms with E-state index in [2.05, 4.69) is 72.1 Å². The molecule has 2 rings (SSSR count). The van der Waals surface area contributed by atoms with Crippen molar-refractivity contribution in [2.45, 2.75) is 34.1 Å². The molecule has 0 bridgehead atoms. The second-order valence-electron chi connectivity index (χ2n) is 5.36. The summed E-state index contributed by atoms with van der Waals surface area (Å²) >= 11 is 3.47. The minimum Gasteiger partial charge on any atom is -0.370 e. The van der Waals surface area contributed by atoms with Crippen molar-refractivity contribution in [3.8, 4) is 0 Å². The summed E-state index contributed by atoms with van der Waals surface area (Å²) in [6.07, 6.45) is 2.86. The Morgan fingerprint density at radius 2 is 1.65 bits per heavy atom. The highest BCUT2D eigenvalue weighted by Crippen LogP contribution is 2.18. The Morgan fingerprint density at radius 3 is 2.35 bits per heavy atom. The number of hydrogen-bond donors (Lipinski definition) is 1. The largest absolute Gasteiger partial charge is 0.370 e. The molecule has 0 fully saturated rings. The number of halogens is 1. The molecule has 1 N–H and O–H groups in total. The summed E-state index contributed by atoms with van der Waals surface area (Å²) in [5, 5.41) is 3.39. The fourth-order valence-electron chi connectivity index (χ4n) is 2.25. The number of benzene rings is 1. The van der Waals surface area contributed by atoms with E-state index in [0.29, 0.717) is 0 Å². The van der Waals surface area contributed by atoms with Crippen LogP contribution >= 0.6 is 15.9 Å². The molecule has 0 saturated carbocycles. The summed E-state index contributed by atoms with van der Waals surface area (Å²) in [6.45, 7) is 9.50. The van der Waals surface area contributed by atoms with Crippen molar-refractivity contribution in [2.75, 3.05) is 11.9 Å². The summed E-state index contributed by atoms with van der Waals surface area (Å²) < 4.78 is 1.05. The first-order valence-electron chi connectivity index (χ1n) is 6.90. The molecule has 1 aromatic heterocycles. The van der Waals surface area contributed by atoms with Gasteiger partial charge in [0, 0.05) is 17.2 Å². The van der Waals surface area contributed by atoms with E-state index in [1.807, 2.05) is 6.20 Å². The van der Waals surface area contributed by atoms with Crippen LogP contribution in [-0.2, 0) is 6.42 Å². The first-order valence-corrected chi connectivity index (χ1v) is 7.69. The molecule has 0 atom stereocenters. The molecule has 2 aromatic rings. The minimum atomic E-state index is 0.900. The lowest BCUT2D eigenvalue weighted by molar-refractivity contribution is 0.986. The number of hydrogen-bond acceptors (Lipinski definition) is 2. The molecule has 1 aromatic carbocycles. The fraction of sp³-hybridized carbons (Fsp3) is 0.353. The van der Waals surface area contributed by atoms with Crippen LogP contribution in [0.1, 0.15) is 27.8 Å². The van der Waals surface area contributed by atoms with Gasteiger partial charge < -0.3 is 5.32 Å². The average Bonchev–Trinajstić information content (AvgIpc) is 2.39. The third-order valence-electron chi connectivity index (χ3n) is 3.70. The lowest BCUT2D eigenvalue weighted by Gasteiger charge is -2.11.